The number of unbranched alkanes of at least 4 members (excludes halogenated alkanes) is 1. The molecule has 22 heavy (non-hydrogen) atoms. The van der Waals surface area contributed by atoms with Crippen molar-refractivity contribution in [3.63, 3.8) is 0 Å². The normalized spacial score (nSPS) is 19.0. The summed E-state index contributed by atoms with van der Waals surface area (Å²) < 4.78 is 12.9. The number of carbonyl (C=O) groups is 2. The number of piperidine rings is 1. The zero-order chi connectivity index (χ0) is 15.9. The number of likely N-dealkylation sites (tertiary alicyclic amines) is 1. The van der Waals surface area contributed by atoms with Gasteiger partial charge in [0.25, 0.3) is 0 Å². The van der Waals surface area contributed by atoms with Crippen LogP contribution in [-0.2, 0) is 4.79 Å². The molecule has 120 valence electrons. The van der Waals surface area contributed by atoms with Crippen LogP contribution in [0.3, 0.4) is 0 Å². The van der Waals surface area contributed by atoms with Gasteiger partial charge in [-0.1, -0.05) is 0 Å². The molecule has 0 amide bonds. The molecule has 1 fully saturated rings. The van der Waals surface area contributed by atoms with E-state index < -0.39 is 5.97 Å². The highest BCUT2D eigenvalue weighted by Gasteiger charge is 2.26. The summed E-state index contributed by atoms with van der Waals surface area (Å²) in [6, 6.07) is 5.73. The van der Waals surface area contributed by atoms with E-state index in [2.05, 4.69) is 4.90 Å². The zero-order valence-electron chi connectivity index (χ0n) is 12.6. The van der Waals surface area contributed by atoms with Gasteiger partial charge < -0.3 is 10.0 Å². The maximum atomic E-state index is 12.9. The third kappa shape index (κ3) is 4.91. The summed E-state index contributed by atoms with van der Waals surface area (Å²) in [6.07, 6.45) is 3.54. The summed E-state index contributed by atoms with van der Waals surface area (Å²) in [7, 11) is 0. The van der Waals surface area contributed by atoms with Gasteiger partial charge in [-0.15, -0.1) is 0 Å². The summed E-state index contributed by atoms with van der Waals surface area (Å²) in [5.41, 5.74) is 0.569. The molecule has 0 spiro atoms. The topological polar surface area (TPSA) is 57.6 Å². The molecule has 1 aliphatic heterocycles. The van der Waals surface area contributed by atoms with Crippen molar-refractivity contribution >= 4 is 11.8 Å². The second kappa shape index (κ2) is 8.03. The number of ketones is 1. The van der Waals surface area contributed by atoms with Gasteiger partial charge in [-0.25, -0.2) is 4.39 Å². The van der Waals surface area contributed by atoms with Crippen molar-refractivity contribution in [2.75, 3.05) is 19.6 Å². The van der Waals surface area contributed by atoms with Crippen LogP contribution in [0.1, 0.15) is 42.5 Å². The largest absolute Gasteiger partial charge is 0.481 e. The standard InChI is InChI=1S/C17H22FNO3/c18-15-8-6-13(7-9-15)17(22)14-4-3-11-19(12-14)10-2-1-5-16(20)21/h6-9,14H,1-5,10-12H2,(H,20,21). The molecule has 1 saturated heterocycles. The first-order valence-corrected chi connectivity index (χ1v) is 7.80. The number of rotatable bonds is 7. The third-order valence-electron chi connectivity index (χ3n) is 4.12. The SMILES string of the molecule is O=C(O)CCCCN1CCCC(C(=O)c2ccc(F)cc2)C1. The zero-order valence-corrected chi connectivity index (χ0v) is 12.6. The lowest BCUT2D eigenvalue weighted by molar-refractivity contribution is -0.137. The predicted octanol–water partition coefficient (Wildman–Crippen LogP) is 2.98. The molecular weight excluding hydrogens is 285 g/mol. The van der Waals surface area contributed by atoms with Crippen molar-refractivity contribution in [3.05, 3.63) is 35.6 Å². The van der Waals surface area contributed by atoms with E-state index in [1.54, 1.807) is 12.1 Å². The average molecular weight is 307 g/mol. The highest BCUT2D eigenvalue weighted by Crippen LogP contribution is 2.21. The minimum absolute atomic E-state index is 0.0429. The summed E-state index contributed by atoms with van der Waals surface area (Å²) in [5.74, 6) is -1.06. The Morgan fingerprint density at radius 1 is 1.23 bits per heavy atom. The molecule has 0 aliphatic carbocycles. The van der Waals surface area contributed by atoms with E-state index in [-0.39, 0.29) is 23.9 Å². The van der Waals surface area contributed by atoms with Crippen LogP contribution in [0.4, 0.5) is 4.39 Å². The second-order valence-corrected chi connectivity index (χ2v) is 5.86. The molecule has 0 aromatic heterocycles. The van der Waals surface area contributed by atoms with Gasteiger partial charge in [-0.05, 0) is 63.0 Å². The number of nitrogens with zero attached hydrogens (tertiary/aromatic N) is 1. The van der Waals surface area contributed by atoms with E-state index in [0.29, 0.717) is 18.5 Å². The smallest absolute Gasteiger partial charge is 0.303 e. The van der Waals surface area contributed by atoms with Gasteiger partial charge in [0.05, 0.1) is 0 Å². The molecular formula is C17H22FNO3. The van der Waals surface area contributed by atoms with E-state index in [4.69, 9.17) is 5.11 Å². The lowest BCUT2D eigenvalue weighted by atomic mass is 9.90. The Bertz CT molecular complexity index is 515. The molecule has 4 nitrogen and oxygen atoms in total. The van der Waals surface area contributed by atoms with Gasteiger partial charge >= 0.3 is 5.97 Å². The fourth-order valence-corrected chi connectivity index (χ4v) is 2.93. The van der Waals surface area contributed by atoms with E-state index in [1.165, 1.54) is 12.1 Å². The van der Waals surface area contributed by atoms with Crippen molar-refractivity contribution in [3.8, 4) is 0 Å². The monoisotopic (exact) mass is 307 g/mol. The molecule has 1 aromatic rings. The second-order valence-electron chi connectivity index (χ2n) is 5.86. The van der Waals surface area contributed by atoms with Crippen LogP contribution in [0, 0.1) is 11.7 Å². The fourth-order valence-electron chi connectivity index (χ4n) is 2.93. The first kappa shape index (κ1) is 16.6. The maximum Gasteiger partial charge on any atom is 0.303 e. The van der Waals surface area contributed by atoms with Crippen molar-refractivity contribution in [2.45, 2.75) is 32.1 Å². The molecule has 1 heterocycles. The van der Waals surface area contributed by atoms with Crippen LogP contribution in [0.2, 0.25) is 0 Å². The van der Waals surface area contributed by atoms with Crippen molar-refractivity contribution < 1.29 is 19.1 Å². The number of hydrogen-bond acceptors (Lipinski definition) is 3. The van der Waals surface area contributed by atoms with E-state index in [0.717, 1.165) is 32.4 Å². The van der Waals surface area contributed by atoms with E-state index in [9.17, 15) is 14.0 Å². The van der Waals surface area contributed by atoms with Crippen LogP contribution in [-0.4, -0.2) is 41.4 Å². The third-order valence-corrected chi connectivity index (χ3v) is 4.12. The van der Waals surface area contributed by atoms with Gasteiger partial charge in [-0.2, -0.15) is 0 Å². The number of aliphatic carboxylic acids is 1. The number of carbonyl (C=O) groups excluding carboxylic acids is 1. The summed E-state index contributed by atoms with van der Waals surface area (Å²) in [6.45, 7) is 2.50. The number of halogens is 1. The van der Waals surface area contributed by atoms with Gasteiger partial charge in [-0.3, -0.25) is 9.59 Å². The molecule has 5 heteroatoms. The van der Waals surface area contributed by atoms with E-state index in [1.807, 2.05) is 0 Å². The van der Waals surface area contributed by atoms with Crippen LogP contribution >= 0.6 is 0 Å². The summed E-state index contributed by atoms with van der Waals surface area (Å²) >= 11 is 0. The Balaban J connectivity index is 1.83. The van der Waals surface area contributed by atoms with E-state index >= 15 is 0 Å². The average Bonchev–Trinajstić information content (AvgIpc) is 2.52. The van der Waals surface area contributed by atoms with Crippen LogP contribution in [0.5, 0.6) is 0 Å². The summed E-state index contributed by atoms with van der Waals surface area (Å²) in [4.78, 5) is 25.2. The Morgan fingerprint density at radius 2 is 1.95 bits per heavy atom. The van der Waals surface area contributed by atoms with Gasteiger partial charge in [0.1, 0.15) is 5.82 Å². The summed E-state index contributed by atoms with van der Waals surface area (Å²) in [5, 5.41) is 8.63. The van der Waals surface area contributed by atoms with Gasteiger partial charge in [0.15, 0.2) is 5.78 Å². The lowest BCUT2D eigenvalue weighted by Gasteiger charge is -2.32. The minimum atomic E-state index is -0.761. The fraction of sp³-hybridized carbons (Fsp3) is 0.529. The Morgan fingerprint density at radius 3 is 2.64 bits per heavy atom. The highest BCUT2D eigenvalue weighted by atomic mass is 19.1. The molecule has 1 aromatic carbocycles. The van der Waals surface area contributed by atoms with Crippen LogP contribution < -0.4 is 0 Å². The molecule has 0 bridgehead atoms. The molecule has 1 atom stereocenters. The van der Waals surface area contributed by atoms with Crippen molar-refractivity contribution in [1.82, 2.24) is 4.90 Å². The maximum absolute atomic E-state index is 12.9. The highest BCUT2D eigenvalue weighted by molar-refractivity contribution is 5.98. The Labute approximate surface area is 129 Å². The van der Waals surface area contributed by atoms with Crippen LogP contribution in [0.25, 0.3) is 0 Å². The Hall–Kier alpha value is -1.75. The number of carboxylic acids is 1. The van der Waals surface area contributed by atoms with Crippen molar-refractivity contribution in [1.29, 1.82) is 0 Å². The number of benzene rings is 1. The Kier molecular flexibility index (Phi) is 6.07. The lowest BCUT2D eigenvalue weighted by Crippen LogP contribution is -2.39. The molecule has 2 rings (SSSR count). The van der Waals surface area contributed by atoms with Crippen molar-refractivity contribution in [2.24, 2.45) is 5.92 Å². The molecule has 1 unspecified atom stereocenters. The quantitative estimate of drug-likeness (QED) is 0.621. The molecule has 1 N–H and O–H groups in total. The predicted molar refractivity (Wildman–Crippen MR) is 81.4 cm³/mol. The number of Topliss-reactive ketones (excluding diaryl/α,β-unsaturated/α-hetero) is 1. The molecule has 1 aliphatic rings. The number of carboxylic acid groups (broad SMARTS) is 1. The van der Waals surface area contributed by atoms with Crippen LogP contribution in [0.15, 0.2) is 24.3 Å². The minimum Gasteiger partial charge on any atom is -0.481 e. The van der Waals surface area contributed by atoms with Gasteiger partial charge in [0, 0.05) is 24.4 Å². The van der Waals surface area contributed by atoms with Gasteiger partial charge in [0.2, 0.25) is 0 Å². The molecule has 0 saturated carbocycles. The molecule has 0 radical (unpaired) electrons. The first-order valence-electron chi connectivity index (χ1n) is 7.80. The first-order chi connectivity index (χ1) is 10.6. The number of hydrogen-bond donors (Lipinski definition) is 1.